The number of carboxylic acid groups (broad SMARTS) is 1. The summed E-state index contributed by atoms with van der Waals surface area (Å²) >= 11 is 0. The number of carboxylic acids is 1. The Labute approximate surface area is 122 Å². The second-order valence-electron chi connectivity index (χ2n) is 6.15. The SMILES string of the molecule is CCCC(NCC(=O)N(CC(C)C)CC(C)C)C(=O)O. The maximum Gasteiger partial charge on any atom is 0.320 e. The van der Waals surface area contributed by atoms with Gasteiger partial charge in [-0.15, -0.1) is 0 Å². The summed E-state index contributed by atoms with van der Waals surface area (Å²) in [7, 11) is 0. The van der Waals surface area contributed by atoms with Crippen molar-refractivity contribution in [3.05, 3.63) is 0 Å². The van der Waals surface area contributed by atoms with Gasteiger partial charge in [0.2, 0.25) is 5.91 Å². The molecule has 0 aromatic rings. The van der Waals surface area contributed by atoms with E-state index in [2.05, 4.69) is 33.0 Å². The quantitative estimate of drug-likeness (QED) is 0.644. The summed E-state index contributed by atoms with van der Waals surface area (Å²) in [6, 6.07) is -0.635. The normalized spacial score (nSPS) is 12.8. The molecule has 1 amide bonds. The Kier molecular flexibility index (Phi) is 9.21. The van der Waals surface area contributed by atoms with Crippen LogP contribution in [-0.2, 0) is 9.59 Å². The minimum Gasteiger partial charge on any atom is -0.480 e. The van der Waals surface area contributed by atoms with Gasteiger partial charge in [0.15, 0.2) is 0 Å². The summed E-state index contributed by atoms with van der Waals surface area (Å²) in [5.74, 6) is -0.0964. The molecule has 0 bridgehead atoms. The first-order chi connectivity index (χ1) is 9.27. The van der Waals surface area contributed by atoms with E-state index in [4.69, 9.17) is 5.11 Å². The lowest BCUT2D eigenvalue weighted by Crippen LogP contribution is -2.46. The maximum atomic E-state index is 12.2. The third-order valence-corrected chi connectivity index (χ3v) is 2.90. The Bertz CT molecular complexity index is 293. The summed E-state index contributed by atoms with van der Waals surface area (Å²) in [5, 5.41) is 11.9. The van der Waals surface area contributed by atoms with Crippen LogP contribution in [0.3, 0.4) is 0 Å². The van der Waals surface area contributed by atoms with Gasteiger partial charge < -0.3 is 10.0 Å². The molecule has 0 rings (SSSR count). The predicted octanol–water partition coefficient (Wildman–Crippen LogP) is 1.97. The second kappa shape index (κ2) is 9.75. The largest absolute Gasteiger partial charge is 0.480 e. The number of hydrogen-bond acceptors (Lipinski definition) is 3. The van der Waals surface area contributed by atoms with Crippen molar-refractivity contribution in [2.45, 2.75) is 53.5 Å². The molecule has 0 aliphatic carbocycles. The van der Waals surface area contributed by atoms with Gasteiger partial charge in [-0.2, -0.15) is 0 Å². The van der Waals surface area contributed by atoms with Crippen molar-refractivity contribution in [1.29, 1.82) is 0 Å². The number of nitrogens with one attached hydrogen (secondary N) is 1. The van der Waals surface area contributed by atoms with E-state index in [9.17, 15) is 9.59 Å². The minimum absolute atomic E-state index is 0.0187. The van der Waals surface area contributed by atoms with Crippen LogP contribution in [0, 0.1) is 11.8 Å². The van der Waals surface area contributed by atoms with Gasteiger partial charge in [-0.25, -0.2) is 0 Å². The van der Waals surface area contributed by atoms with Crippen LogP contribution in [0.25, 0.3) is 0 Å². The standard InChI is InChI=1S/C15H30N2O3/c1-6-7-13(15(19)20)16-8-14(18)17(9-11(2)3)10-12(4)5/h11-13,16H,6-10H2,1-5H3,(H,19,20). The van der Waals surface area contributed by atoms with Gasteiger partial charge in [-0.3, -0.25) is 14.9 Å². The van der Waals surface area contributed by atoms with E-state index in [1.807, 2.05) is 11.8 Å². The fraction of sp³-hybridized carbons (Fsp3) is 0.867. The molecule has 5 nitrogen and oxygen atoms in total. The zero-order valence-electron chi connectivity index (χ0n) is 13.5. The highest BCUT2D eigenvalue weighted by Gasteiger charge is 2.20. The smallest absolute Gasteiger partial charge is 0.320 e. The highest BCUT2D eigenvalue weighted by molar-refractivity contribution is 5.80. The van der Waals surface area contributed by atoms with E-state index < -0.39 is 12.0 Å². The number of nitrogens with zero attached hydrogens (tertiary/aromatic N) is 1. The van der Waals surface area contributed by atoms with Gasteiger partial charge in [-0.05, 0) is 18.3 Å². The highest BCUT2D eigenvalue weighted by atomic mass is 16.4. The van der Waals surface area contributed by atoms with Crippen LogP contribution >= 0.6 is 0 Å². The first-order valence-electron chi connectivity index (χ1n) is 7.51. The van der Waals surface area contributed by atoms with Gasteiger partial charge in [0.1, 0.15) is 6.04 Å². The average molecular weight is 286 g/mol. The van der Waals surface area contributed by atoms with Crippen LogP contribution in [0.15, 0.2) is 0 Å². The van der Waals surface area contributed by atoms with Gasteiger partial charge in [0.05, 0.1) is 6.54 Å². The first kappa shape index (κ1) is 18.9. The third kappa shape index (κ3) is 8.15. The Morgan fingerprint density at radius 3 is 1.95 bits per heavy atom. The molecule has 0 aliphatic heterocycles. The molecule has 0 radical (unpaired) electrons. The van der Waals surface area contributed by atoms with Crippen molar-refractivity contribution in [3.8, 4) is 0 Å². The van der Waals surface area contributed by atoms with Gasteiger partial charge in [0.25, 0.3) is 0 Å². The molecule has 20 heavy (non-hydrogen) atoms. The maximum absolute atomic E-state index is 12.2. The molecule has 0 saturated carbocycles. The summed E-state index contributed by atoms with van der Waals surface area (Å²) in [4.78, 5) is 25.1. The number of rotatable bonds is 10. The second-order valence-corrected chi connectivity index (χ2v) is 6.15. The number of aliphatic carboxylic acids is 1. The molecule has 0 saturated heterocycles. The summed E-state index contributed by atoms with van der Waals surface area (Å²) in [6.45, 7) is 11.8. The molecule has 0 spiro atoms. The zero-order chi connectivity index (χ0) is 15.7. The van der Waals surface area contributed by atoms with E-state index >= 15 is 0 Å². The van der Waals surface area contributed by atoms with E-state index in [0.717, 1.165) is 6.42 Å². The molecule has 0 aliphatic rings. The molecule has 0 aromatic heterocycles. The van der Waals surface area contributed by atoms with Crippen LogP contribution in [-0.4, -0.2) is 47.6 Å². The van der Waals surface area contributed by atoms with Crippen molar-refractivity contribution in [1.82, 2.24) is 10.2 Å². The Morgan fingerprint density at radius 2 is 1.60 bits per heavy atom. The molecule has 0 fully saturated rings. The Morgan fingerprint density at radius 1 is 1.10 bits per heavy atom. The van der Waals surface area contributed by atoms with E-state index in [0.29, 0.717) is 31.3 Å². The minimum atomic E-state index is -0.890. The molecular formula is C15H30N2O3. The monoisotopic (exact) mass is 286 g/mol. The van der Waals surface area contributed by atoms with Crippen LogP contribution in [0.4, 0.5) is 0 Å². The summed E-state index contributed by atoms with van der Waals surface area (Å²) in [5.41, 5.74) is 0. The molecule has 5 heteroatoms. The van der Waals surface area contributed by atoms with E-state index in [1.165, 1.54) is 0 Å². The lowest BCUT2D eigenvalue weighted by Gasteiger charge is -2.27. The number of hydrogen-bond donors (Lipinski definition) is 2. The van der Waals surface area contributed by atoms with Crippen LogP contribution in [0.2, 0.25) is 0 Å². The van der Waals surface area contributed by atoms with Gasteiger partial charge >= 0.3 is 5.97 Å². The average Bonchev–Trinajstić information content (AvgIpc) is 2.31. The molecule has 1 atom stereocenters. The van der Waals surface area contributed by atoms with Gasteiger partial charge in [-0.1, -0.05) is 41.0 Å². The summed E-state index contributed by atoms with van der Waals surface area (Å²) in [6.07, 6.45) is 1.32. The van der Waals surface area contributed by atoms with Crippen molar-refractivity contribution < 1.29 is 14.7 Å². The number of carbonyl (C=O) groups is 2. The zero-order valence-corrected chi connectivity index (χ0v) is 13.5. The van der Waals surface area contributed by atoms with Gasteiger partial charge in [0, 0.05) is 13.1 Å². The number of carbonyl (C=O) groups excluding carboxylic acids is 1. The predicted molar refractivity (Wildman–Crippen MR) is 80.6 cm³/mol. The number of amides is 1. The van der Waals surface area contributed by atoms with Crippen molar-refractivity contribution in [2.24, 2.45) is 11.8 Å². The van der Waals surface area contributed by atoms with Crippen LogP contribution < -0.4 is 5.32 Å². The van der Waals surface area contributed by atoms with Crippen molar-refractivity contribution >= 4 is 11.9 Å². The topological polar surface area (TPSA) is 69.6 Å². The van der Waals surface area contributed by atoms with Crippen molar-refractivity contribution in [3.63, 3.8) is 0 Å². The van der Waals surface area contributed by atoms with E-state index in [1.54, 1.807) is 0 Å². The van der Waals surface area contributed by atoms with Crippen LogP contribution in [0.5, 0.6) is 0 Å². The Hall–Kier alpha value is -1.10. The molecule has 0 aromatic carbocycles. The van der Waals surface area contributed by atoms with E-state index in [-0.39, 0.29) is 12.5 Å². The molecule has 118 valence electrons. The third-order valence-electron chi connectivity index (χ3n) is 2.90. The fourth-order valence-corrected chi connectivity index (χ4v) is 2.08. The molecule has 2 N–H and O–H groups in total. The Balaban J connectivity index is 4.46. The molecular weight excluding hydrogens is 256 g/mol. The lowest BCUT2D eigenvalue weighted by molar-refractivity contribution is -0.140. The fourth-order valence-electron chi connectivity index (χ4n) is 2.08. The lowest BCUT2D eigenvalue weighted by atomic mass is 10.1. The summed E-state index contributed by atoms with van der Waals surface area (Å²) < 4.78 is 0. The molecule has 1 unspecified atom stereocenters. The first-order valence-corrected chi connectivity index (χ1v) is 7.51. The highest BCUT2D eigenvalue weighted by Crippen LogP contribution is 2.05. The van der Waals surface area contributed by atoms with Crippen molar-refractivity contribution in [2.75, 3.05) is 19.6 Å². The molecule has 0 heterocycles. The van der Waals surface area contributed by atoms with Crippen LogP contribution in [0.1, 0.15) is 47.5 Å².